The molecule has 0 amide bonds. The number of aliphatic hydroxyl groups is 1. The Morgan fingerprint density at radius 3 is 2.39 bits per heavy atom. The molecule has 0 bridgehead atoms. The van der Waals surface area contributed by atoms with Crippen LogP contribution in [0.1, 0.15) is 92.4 Å². The highest BCUT2D eigenvalue weighted by atomic mass is 16.7. The third-order valence-electron chi connectivity index (χ3n) is 12.8. The van der Waals surface area contributed by atoms with Crippen molar-refractivity contribution in [3.05, 3.63) is 11.6 Å². The van der Waals surface area contributed by atoms with Crippen LogP contribution >= 0.6 is 0 Å². The highest BCUT2D eigenvalue weighted by molar-refractivity contribution is 5.85. The van der Waals surface area contributed by atoms with E-state index >= 15 is 0 Å². The highest BCUT2D eigenvalue weighted by Crippen LogP contribution is 2.70. The SMILES string of the molecule is COC1CC(OC2CCC3(C)C(CCC4C3CCC3(C)C(C5=CC(=O)OC5)C(OC(C)=O)CC43O)C2)OC(C)C1OC(C)=O. The Kier molecular flexibility index (Phi) is 8.46. The Labute approximate surface area is 260 Å². The molecule has 10 heteroatoms. The first-order chi connectivity index (χ1) is 20.8. The van der Waals surface area contributed by atoms with Crippen LogP contribution in [0.15, 0.2) is 11.6 Å². The van der Waals surface area contributed by atoms with E-state index in [4.69, 9.17) is 28.4 Å². The number of methoxy groups -OCH3 is 1. The molecule has 0 radical (unpaired) electrons. The van der Waals surface area contributed by atoms with E-state index in [0.717, 1.165) is 50.5 Å². The summed E-state index contributed by atoms with van der Waals surface area (Å²) in [6, 6.07) is 0. The lowest BCUT2D eigenvalue weighted by molar-refractivity contribution is -0.276. The molecule has 0 aromatic rings. The average molecular weight is 619 g/mol. The normalized spacial score (nSPS) is 48.3. The standard InChI is InChI=1S/C34H50O10/c1-18-31(43-20(3)36)26(39-6)15-29(41-18)44-23-9-11-32(4)22(14-23)7-8-25-24(32)10-12-33(5)30(21-13-28(37)40-17-21)27(42-19(2)35)16-34(25,33)38/h13,18,22-27,29-31,38H,7-12,14-17H2,1-6H3. The maximum Gasteiger partial charge on any atom is 0.331 e. The molecule has 4 aliphatic carbocycles. The van der Waals surface area contributed by atoms with Crippen molar-refractivity contribution in [2.75, 3.05) is 13.7 Å². The van der Waals surface area contributed by atoms with Crippen LogP contribution in [-0.4, -0.2) is 79.1 Å². The summed E-state index contributed by atoms with van der Waals surface area (Å²) >= 11 is 0. The van der Waals surface area contributed by atoms with E-state index in [9.17, 15) is 19.5 Å². The van der Waals surface area contributed by atoms with Gasteiger partial charge in [0.1, 0.15) is 18.8 Å². The van der Waals surface area contributed by atoms with E-state index in [1.54, 1.807) is 13.2 Å². The Morgan fingerprint density at radius 1 is 0.977 bits per heavy atom. The number of carbonyl (C=O) groups excluding carboxylic acids is 3. The fourth-order valence-corrected chi connectivity index (χ4v) is 10.8. The minimum absolute atomic E-state index is 0.0662. The van der Waals surface area contributed by atoms with Gasteiger partial charge in [-0.1, -0.05) is 13.8 Å². The first kappa shape index (κ1) is 32.0. The summed E-state index contributed by atoms with van der Waals surface area (Å²) in [7, 11) is 1.63. The Bertz CT molecular complexity index is 1180. The first-order valence-corrected chi connectivity index (χ1v) is 16.6. The van der Waals surface area contributed by atoms with Crippen LogP contribution in [0.3, 0.4) is 0 Å². The highest BCUT2D eigenvalue weighted by Gasteiger charge is 2.71. The number of cyclic esters (lactones) is 1. The van der Waals surface area contributed by atoms with Crippen LogP contribution in [0.25, 0.3) is 0 Å². The molecule has 4 saturated carbocycles. The van der Waals surface area contributed by atoms with Crippen molar-refractivity contribution in [2.24, 2.45) is 34.5 Å². The quantitative estimate of drug-likeness (QED) is 0.262. The molecule has 1 N–H and O–H groups in total. The van der Waals surface area contributed by atoms with Crippen molar-refractivity contribution < 1.29 is 47.9 Å². The molecule has 13 atom stereocenters. The molecule has 5 fully saturated rings. The fraction of sp³-hybridized carbons (Fsp3) is 0.853. The molecule has 2 heterocycles. The predicted octanol–water partition coefficient (Wildman–Crippen LogP) is 4.25. The maximum absolute atomic E-state index is 12.7. The van der Waals surface area contributed by atoms with E-state index in [-0.39, 0.29) is 60.1 Å². The van der Waals surface area contributed by atoms with Crippen LogP contribution in [0.2, 0.25) is 0 Å². The van der Waals surface area contributed by atoms with Crippen LogP contribution in [0, 0.1) is 34.5 Å². The molecule has 6 aliphatic rings. The Morgan fingerprint density at radius 2 is 1.73 bits per heavy atom. The lowest BCUT2D eigenvalue weighted by Gasteiger charge is -2.63. The lowest BCUT2D eigenvalue weighted by atomic mass is 9.43. The van der Waals surface area contributed by atoms with Gasteiger partial charge >= 0.3 is 17.9 Å². The van der Waals surface area contributed by atoms with Gasteiger partial charge in [0.05, 0.1) is 17.8 Å². The second-order valence-corrected chi connectivity index (χ2v) is 14.9. The van der Waals surface area contributed by atoms with Gasteiger partial charge in [0.15, 0.2) is 12.4 Å². The number of ether oxygens (including phenoxy) is 6. The van der Waals surface area contributed by atoms with Gasteiger partial charge in [-0.15, -0.1) is 0 Å². The molecule has 246 valence electrons. The van der Waals surface area contributed by atoms with E-state index in [1.165, 1.54) is 13.8 Å². The zero-order chi connectivity index (χ0) is 31.6. The van der Waals surface area contributed by atoms with Crippen LogP contribution in [0.5, 0.6) is 0 Å². The molecule has 0 spiro atoms. The van der Waals surface area contributed by atoms with Crippen molar-refractivity contribution in [3.63, 3.8) is 0 Å². The van der Waals surface area contributed by atoms with Gasteiger partial charge < -0.3 is 33.5 Å². The van der Waals surface area contributed by atoms with Crippen molar-refractivity contribution in [3.8, 4) is 0 Å². The predicted molar refractivity (Wildman–Crippen MR) is 157 cm³/mol. The molecule has 6 rings (SSSR count). The Hall–Kier alpha value is -2.01. The van der Waals surface area contributed by atoms with Gasteiger partial charge in [0, 0.05) is 51.2 Å². The van der Waals surface area contributed by atoms with Crippen LogP contribution < -0.4 is 0 Å². The van der Waals surface area contributed by atoms with Crippen molar-refractivity contribution in [2.45, 2.75) is 135 Å². The molecule has 44 heavy (non-hydrogen) atoms. The minimum atomic E-state index is -1.01. The van der Waals surface area contributed by atoms with Crippen molar-refractivity contribution >= 4 is 17.9 Å². The summed E-state index contributed by atoms with van der Waals surface area (Å²) in [5.41, 5.74) is -0.621. The van der Waals surface area contributed by atoms with E-state index in [1.807, 2.05) is 6.92 Å². The number of hydrogen-bond acceptors (Lipinski definition) is 10. The monoisotopic (exact) mass is 618 g/mol. The molecule has 10 nitrogen and oxygen atoms in total. The van der Waals surface area contributed by atoms with E-state index in [0.29, 0.717) is 24.7 Å². The van der Waals surface area contributed by atoms with Crippen molar-refractivity contribution in [1.82, 2.24) is 0 Å². The van der Waals surface area contributed by atoms with E-state index in [2.05, 4.69) is 13.8 Å². The topological polar surface area (TPSA) is 127 Å². The van der Waals surface area contributed by atoms with Gasteiger partial charge in [-0.2, -0.15) is 0 Å². The summed E-state index contributed by atoms with van der Waals surface area (Å²) in [6.07, 6.45) is 7.09. The number of esters is 3. The largest absolute Gasteiger partial charge is 0.462 e. The molecular weight excluding hydrogens is 568 g/mol. The summed E-state index contributed by atoms with van der Waals surface area (Å²) in [4.78, 5) is 35.8. The van der Waals surface area contributed by atoms with Crippen LogP contribution in [0.4, 0.5) is 0 Å². The van der Waals surface area contributed by atoms with Gasteiger partial charge in [-0.25, -0.2) is 4.79 Å². The number of fused-ring (bicyclic) bond motifs is 5. The second kappa shape index (κ2) is 11.7. The summed E-state index contributed by atoms with van der Waals surface area (Å²) in [5, 5.41) is 12.7. The minimum Gasteiger partial charge on any atom is -0.462 e. The number of rotatable bonds is 6. The number of hydrogen-bond donors (Lipinski definition) is 1. The van der Waals surface area contributed by atoms with Crippen LogP contribution in [-0.2, 0) is 42.8 Å². The average Bonchev–Trinajstić information content (AvgIpc) is 3.46. The molecule has 0 aromatic carbocycles. The third-order valence-corrected chi connectivity index (χ3v) is 12.8. The lowest BCUT2D eigenvalue weighted by Crippen LogP contribution is -2.62. The smallest absolute Gasteiger partial charge is 0.331 e. The van der Waals surface area contributed by atoms with Gasteiger partial charge in [-0.3, -0.25) is 9.59 Å². The zero-order valence-corrected chi connectivity index (χ0v) is 27.0. The second-order valence-electron chi connectivity index (χ2n) is 14.9. The molecule has 0 aromatic heterocycles. The van der Waals surface area contributed by atoms with Gasteiger partial charge in [-0.05, 0) is 80.6 Å². The molecule has 13 unspecified atom stereocenters. The first-order valence-electron chi connectivity index (χ1n) is 16.6. The Balaban J connectivity index is 1.16. The zero-order valence-electron chi connectivity index (χ0n) is 27.0. The number of carbonyl (C=O) groups is 3. The molecular formula is C34H50O10. The summed E-state index contributed by atoms with van der Waals surface area (Å²) in [5.74, 6) is -0.419. The molecule has 1 saturated heterocycles. The van der Waals surface area contributed by atoms with Gasteiger partial charge in [0.25, 0.3) is 0 Å². The maximum atomic E-state index is 12.7. The van der Waals surface area contributed by atoms with Gasteiger partial charge in [0.2, 0.25) is 0 Å². The molecule has 2 aliphatic heterocycles. The van der Waals surface area contributed by atoms with Crippen molar-refractivity contribution in [1.29, 1.82) is 0 Å². The third kappa shape index (κ3) is 5.21. The summed E-state index contributed by atoms with van der Waals surface area (Å²) in [6.45, 7) is 9.46. The van der Waals surface area contributed by atoms with E-state index < -0.39 is 29.5 Å². The summed E-state index contributed by atoms with van der Waals surface area (Å²) < 4.78 is 35.0. The fourth-order valence-electron chi connectivity index (χ4n) is 10.8.